The Hall–Kier alpha value is -0.960. The summed E-state index contributed by atoms with van der Waals surface area (Å²) in [6.45, 7) is 6.72. The summed E-state index contributed by atoms with van der Waals surface area (Å²) in [7, 11) is 0. The van der Waals surface area contributed by atoms with Gasteiger partial charge in [0.15, 0.2) is 5.17 Å². The third-order valence-electron chi connectivity index (χ3n) is 3.44. The van der Waals surface area contributed by atoms with Gasteiger partial charge in [0.05, 0.1) is 6.04 Å². The Labute approximate surface area is 121 Å². The lowest BCUT2D eigenvalue weighted by atomic mass is 9.95. The Morgan fingerprint density at radius 3 is 2.74 bits per heavy atom. The summed E-state index contributed by atoms with van der Waals surface area (Å²) in [4.78, 5) is 4.69. The monoisotopic (exact) mass is 276 g/mol. The van der Waals surface area contributed by atoms with Gasteiger partial charge in [0.25, 0.3) is 0 Å². The number of nitrogens with zero attached hydrogens (tertiary/aromatic N) is 1. The number of thioether (sulfide) groups is 1. The second-order valence-electron chi connectivity index (χ2n) is 5.91. The predicted octanol–water partition coefficient (Wildman–Crippen LogP) is 3.87. The molecule has 19 heavy (non-hydrogen) atoms. The number of nitrogens with one attached hydrogen (secondary N) is 1. The molecule has 1 atom stereocenters. The highest BCUT2D eigenvalue weighted by molar-refractivity contribution is 8.13. The Morgan fingerprint density at radius 1 is 1.32 bits per heavy atom. The van der Waals surface area contributed by atoms with E-state index in [-0.39, 0.29) is 5.54 Å². The van der Waals surface area contributed by atoms with Gasteiger partial charge in [-0.1, -0.05) is 42.1 Å². The minimum Gasteiger partial charge on any atom is -0.360 e. The second-order valence-corrected chi connectivity index (χ2v) is 7.00. The van der Waals surface area contributed by atoms with Gasteiger partial charge < -0.3 is 5.32 Å². The molecule has 3 heteroatoms. The van der Waals surface area contributed by atoms with Crippen LogP contribution in [-0.2, 0) is 6.42 Å². The van der Waals surface area contributed by atoms with E-state index in [9.17, 15) is 0 Å². The van der Waals surface area contributed by atoms with Crippen LogP contribution in [0.15, 0.2) is 35.3 Å². The molecule has 0 spiro atoms. The van der Waals surface area contributed by atoms with Crippen molar-refractivity contribution in [2.75, 3.05) is 5.75 Å². The van der Waals surface area contributed by atoms with Crippen molar-refractivity contribution in [2.24, 2.45) is 4.99 Å². The highest BCUT2D eigenvalue weighted by atomic mass is 32.2. The highest BCUT2D eigenvalue weighted by Crippen LogP contribution is 2.20. The summed E-state index contributed by atoms with van der Waals surface area (Å²) >= 11 is 1.85. The zero-order chi connectivity index (χ0) is 13.7. The Bertz CT molecular complexity index is 426. The van der Waals surface area contributed by atoms with Crippen molar-refractivity contribution in [1.29, 1.82) is 0 Å². The Morgan fingerprint density at radius 2 is 2.05 bits per heavy atom. The lowest BCUT2D eigenvalue weighted by molar-refractivity contribution is 0.426. The standard InChI is InChI=1S/C16H24N2S/c1-13-10-12-19-15(17-13)18-16(2,3)11-9-14-7-5-4-6-8-14/h4-8,13H,9-12H2,1-3H3,(H,17,18). The van der Waals surface area contributed by atoms with Crippen LogP contribution in [0.1, 0.15) is 39.2 Å². The Balaban J connectivity index is 1.88. The molecule has 1 aliphatic heterocycles. The van der Waals surface area contributed by atoms with Crippen LogP contribution < -0.4 is 5.32 Å². The van der Waals surface area contributed by atoms with Crippen molar-refractivity contribution in [3.63, 3.8) is 0 Å². The molecule has 1 unspecified atom stereocenters. The van der Waals surface area contributed by atoms with E-state index < -0.39 is 0 Å². The summed E-state index contributed by atoms with van der Waals surface area (Å²) in [5, 5.41) is 4.73. The lowest BCUT2D eigenvalue weighted by Crippen LogP contribution is -2.43. The minimum absolute atomic E-state index is 0.0960. The predicted molar refractivity (Wildman–Crippen MR) is 85.9 cm³/mol. The summed E-state index contributed by atoms with van der Waals surface area (Å²) in [6.07, 6.45) is 3.42. The van der Waals surface area contributed by atoms with Crippen molar-refractivity contribution in [3.8, 4) is 0 Å². The van der Waals surface area contributed by atoms with Crippen molar-refractivity contribution < 1.29 is 0 Å². The minimum atomic E-state index is 0.0960. The molecule has 1 heterocycles. The van der Waals surface area contributed by atoms with E-state index in [0.717, 1.165) is 18.0 Å². The van der Waals surface area contributed by atoms with Crippen LogP contribution >= 0.6 is 11.8 Å². The summed E-state index contributed by atoms with van der Waals surface area (Å²) in [6, 6.07) is 11.2. The number of rotatable bonds is 4. The number of benzene rings is 1. The van der Waals surface area contributed by atoms with E-state index in [2.05, 4.69) is 56.4 Å². The van der Waals surface area contributed by atoms with Crippen molar-refractivity contribution in [2.45, 2.75) is 51.6 Å². The van der Waals surface area contributed by atoms with Crippen LogP contribution in [0.5, 0.6) is 0 Å². The molecule has 0 fully saturated rings. The van der Waals surface area contributed by atoms with E-state index >= 15 is 0 Å². The molecular formula is C16H24N2S. The molecule has 0 aliphatic carbocycles. The third-order valence-corrected chi connectivity index (χ3v) is 4.36. The molecule has 0 aromatic heterocycles. The maximum atomic E-state index is 4.69. The van der Waals surface area contributed by atoms with Gasteiger partial charge in [-0.15, -0.1) is 0 Å². The van der Waals surface area contributed by atoms with Crippen LogP contribution in [0.25, 0.3) is 0 Å². The summed E-state index contributed by atoms with van der Waals surface area (Å²) in [5.41, 5.74) is 1.50. The SMILES string of the molecule is CC1CCSC(NC(C)(C)CCc2ccccc2)=N1. The number of aryl methyl sites for hydroxylation is 1. The Kier molecular flexibility index (Phi) is 4.92. The van der Waals surface area contributed by atoms with E-state index in [1.54, 1.807) is 0 Å². The first-order chi connectivity index (χ1) is 9.05. The van der Waals surface area contributed by atoms with E-state index in [4.69, 9.17) is 4.99 Å². The smallest absolute Gasteiger partial charge is 0.157 e. The van der Waals surface area contributed by atoms with Gasteiger partial charge in [-0.2, -0.15) is 0 Å². The zero-order valence-electron chi connectivity index (χ0n) is 12.1. The van der Waals surface area contributed by atoms with Crippen molar-refractivity contribution in [3.05, 3.63) is 35.9 Å². The van der Waals surface area contributed by atoms with E-state index in [0.29, 0.717) is 6.04 Å². The van der Waals surface area contributed by atoms with Crippen molar-refractivity contribution in [1.82, 2.24) is 5.32 Å². The first kappa shape index (κ1) is 14.4. The van der Waals surface area contributed by atoms with Gasteiger partial charge in [0, 0.05) is 11.3 Å². The molecular weight excluding hydrogens is 252 g/mol. The molecule has 2 rings (SSSR count). The first-order valence-corrected chi connectivity index (χ1v) is 8.06. The van der Waals surface area contributed by atoms with Gasteiger partial charge >= 0.3 is 0 Å². The van der Waals surface area contributed by atoms with Crippen molar-refractivity contribution >= 4 is 16.9 Å². The first-order valence-electron chi connectivity index (χ1n) is 7.08. The molecule has 1 aromatic rings. The van der Waals surface area contributed by atoms with Crippen LogP contribution in [0.4, 0.5) is 0 Å². The number of amidine groups is 1. The zero-order valence-corrected chi connectivity index (χ0v) is 13.0. The fourth-order valence-electron chi connectivity index (χ4n) is 2.15. The molecule has 1 aliphatic rings. The molecule has 1 aromatic carbocycles. The van der Waals surface area contributed by atoms with E-state index in [1.807, 2.05) is 11.8 Å². The molecule has 0 saturated heterocycles. The van der Waals surface area contributed by atoms with Crippen LogP contribution in [0, 0.1) is 0 Å². The molecule has 104 valence electrons. The fraction of sp³-hybridized carbons (Fsp3) is 0.562. The largest absolute Gasteiger partial charge is 0.360 e. The van der Waals surface area contributed by atoms with Crippen LogP contribution in [0.3, 0.4) is 0 Å². The second kappa shape index (κ2) is 6.47. The molecule has 0 amide bonds. The average molecular weight is 276 g/mol. The van der Waals surface area contributed by atoms with Gasteiger partial charge in [0.1, 0.15) is 0 Å². The normalized spacial score (nSPS) is 19.9. The van der Waals surface area contributed by atoms with Gasteiger partial charge in [-0.25, -0.2) is 0 Å². The maximum Gasteiger partial charge on any atom is 0.157 e. The molecule has 0 radical (unpaired) electrons. The highest BCUT2D eigenvalue weighted by Gasteiger charge is 2.21. The summed E-state index contributed by atoms with van der Waals surface area (Å²) < 4.78 is 0. The van der Waals surface area contributed by atoms with Gasteiger partial charge in [-0.3, -0.25) is 4.99 Å². The number of hydrogen-bond acceptors (Lipinski definition) is 3. The molecule has 0 bridgehead atoms. The molecule has 0 saturated carbocycles. The number of aliphatic imine (C=N–C) groups is 1. The number of hydrogen-bond donors (Lipinski definition) is 1. The third kappa shape index (κ3) is 4.90. The van der Waals surface area contributed by atoms with Gasteiger partial charge in [-0.05, 0) is 45.6 Å². The maximum absolute atomic E-state index is 4.69. The average Bonchev–Trinajstić information content (AvgIpc) is 2.37. The van der Waals surface area contributed by atoms with Gasteiger partial charge in [0.2, 0.25) is 0 Å². The van der Waals surface area contributed by atoms with E-state index in [1.165, 1.54) is 17.7 Å². The summed E-state index contributed by atoms with van der Waals surface area (Å²) in [5.74, 6) is 1.18. The topological polar surface area (TPSA) is 24.4 Å². The lowest BCUT2D eigenvalue weighted by Gasteiger charge is -2.30. The van der Waals surface area contributed by atoms with Crippen LogP contribution in [0.2, 0.25) is 0 Å². The quantitative estimate of drug-likeness (QED) is 0.903. The van der Waals surface area contributed by atoms with Crippen LogP contribution in [-0.4, -0.2) is 22.5 Å². The molecule has 1 N–H and O–H groups in total. The molecule has 2 nitrogen and oxygen atoms in total. The fourth-order valence-corrected chi connectivity index (χ4v) is 3.41.